The van der Waals surface area contributed by atoms with E-state index >= 15 is 0 Å². The quantitative estimate of drug-likeness (QED) is 0.725. The number of ether oxygens (including phenoxy) is 2. The van der Waals surface area contributed by atoms with E-state index in [0.717, 1.165) is 13.2 Å². The van der Waals surface area contributed by atoms with Gasteiger partial charge in [0.15, 0.2) is 0 Å². The third-order valence-electron chi connectivity index (χ3n) is 3.59. The van der Waals surface area contributed by atoms with Gasteiger partial charge in [0.25, 0.3) is 0 Å². The van der Waals surface area contributed by atoms with Crippen LogP contribution in [0, 0.1) is 5.92 Å². The molecule has 2 heteroatoms. The summed E-state index contributed by atoms with van der Waals surface area (Å²) in [6.07, 6.45) is 4.93. The number of benzene rings is 1. The molecule has 0 amide bonds. The molecule has 3 atom stereocenters. The third kappa shape index (κ3) is 2.28. The van der Waals surface area contributed by atoms with Crippen molar-refractivity contribution in [2.75, 3.05) is 6.61 Å². The number of hydrogen-bond acceptors (Lipinski definition) is 2. The first-order chi connectivity index (χ1) is 7.93. The van der Waals surface area contributed by atoms with Crippen LogP contribution in [-0.2, 0) is 16.1 Å². The van der Waals surface area contributed by atoms with Gasteiger partial charge in [-0.2, -0.15) is 0 Å². The highest BCUT2D eigenvalue weighted by molar-refractivity contribution is 5.13. The smallest absolute Gasteiger partial charge is 0.0891 e. The molecule has 0 spiro atoms. The Kier molecular flexibility index (Phi) is 2.94. The van der Waals surface area contributed by atoms with E-state index in [9.17, 15) is 0 Å². The van der Waals surface area contributed by atoms with E-state index in [2.05, 4.69) is 24.3 Å². The van der Waals surface area contributed by atoms with Crippen molar-refractivity contribution >= 4 is 0 Å². The Balaban J connectivity index is 1.43. The largest absolute Gasteiger partial charge is 0.376 e. The summed E-state index contributed by atoms with van der Waals surface area (Å²) in [7, 11) is 0. The van der Waals surface area contributed by atoms with Crippen LogP contribution in [0.1, 0.15) is 24.8 Å². The second-order valence-corrected chi connectivity index (χ2v) is 4.83. The zero-order valence-electron chi connectivity index (χ0n) is 9.47. The van der Waals surface area contributed by atoms with Gasteiger partial charge in [0, 0.05) is 5.92 Å². The van der Waals surface area contributed by atoms with E-state index in [-0.39, 0.29) is 0 Å². The maximum atomic E-state index is 5.78. The van der Waals surface area contributed by atoms with E-state index < -0.39 is 0 Å². The fraction of sp³-hybridized carbons (Fsp3) is 0.571. The highest BCUT2D eigenvalue weighted by Gasteiger charge is 2.46. The molecule has 1 aliphatic carbocycles. The van der Waals surface area contributed by atoms with Crippen molar-refractivity contribution in [2.24, 2.45) is 5.92 Å². The second-order valence-electron chi connectivity index (χ2n) is 4.83. The van der Waals surface area contributed by atoms with Crippen molar-refractivity contribution in [1.82, 2.24) is 0 Å². The summed E-state index contributed by atoms with van der Waals surface area (Å²) in [6, 6.07) is 10.4. The van der Waals surface area contributed by atoms with Crippen LogP contribution in [0.5, 0.6) is 0 Å². The molecule has 3 rings (SSSR count). The Bertz CT molecular complexity index is 336. The maximum Gasteiger partial charge on any atom is 0.0891 e. The van der Waals surface area contributed by atoms with Gasteiger partial charge < -0.3 is 9.47 Å². The fourth-order valence-corrected chi connectivity index (χ4v) is 2.63. The second kappa shape index (κ2) is 4.56. The van der Waals surface area contributed by atoms with Gasteiger partial charge in [0.2, 0.25) is 0 Å². The molecule has 1 aliphatic heterocycles. The molecular formula is C14H18O2. The van der Waals surface area contributed by atoms with Crippen LogP contribution in [-0.4, -0.2) is 18.8 Å². The summed E-state index contributed by atoms with van der Waals surface area (Å²) in [5.41, 5.74) is 1.26. The minimum Gasteiger partial charge on any atom is -0.376 e. The zero-order valence-corrected chi connectivity index (χ0v) is 9.47. The molecule has 1 saturated heterocycles. The Labute approximate surface area is 96.6 Å². The molecule has 2 nitrogen and oxygen atoms in total. The van der Waals surface area contributed by atoms with E-state index in [4.69, 9.17) is 9.47 Å². The van der Waals surface area contributed by atoms with Crippen LogP contribution < -0.4 is 0 Å². The van der Waals surface area contributed by atoms with Crippen molar-refractivity contribution in [3.8, 4) is 0 Å². The molecule has 1 saturated carbocycles. The minimum absolute atomic E-state index is 0.518. The predicted octanol–water partition coefficient (Wildman–Crippen LogP) is 2.77. The van der Waals surface area contributed by atoms with E-state index in [1.807, 2.05) is 6.07 Å². The molecule has 0 aromatic heterocycles. The molecule has 1 aromatic carbocycles. The summed E-state index contributed by atoms with van der Waals surface area (Å²) in [5, 5.41) is 0. The molecule has 1 unspecified atom stereocenters. The number of hydrogen-bond donors (Lipinski definition) is 0. The average molecular weight is 218 g/mol. The lowest BCUT2D eigenvalue weighted by molar-refractivity contribution is 0.0720. The molecule has 0 N–H and O–H groups in total. The summed E-state index contributed by atoms with van der Waals surface area (Å²) in [5.74, 6) is 0.641. The van der Waals surface area contributed by atoms with Gasteiger partial charge in [-0.3, -0.25) is 0 Å². The van der Waals surface area contributed by atoms with E-state index in [0.29, 0.717) is 18.1 Å². The molecule has 16 heavy (non-hydrogen) atoms. The maximum absolute atomic E-state index is 5.78. The monoisotopic (exact) mass is 218 g/mol. The van der Waals surface area contributed by atoms with Crippen LogP contribution >= 0.6 is 0 Å². The minimum atomic E-state index is 0.518. The first-order valence-corrected chi connectivity index (χ1v) is 6.20. The Morgan fingerprint density at radius 1 is 1.19 bits per heavy atom. The van der Waals surface area contributed by atoms with Gasteiger partial charge in [0.1, 0.15) is 0 Å². The lowest BCUT2D eigenvalue weighted by Gasteiger charge is -2.18. The zero-order chi connectivity index (χ0) is 10.8. The molecule has 1 aromatic rings. The topological polar surface area (TPSA) is 21.8 Å². The normalized spacial score (nSPS) is 32.1. The summed E-state index contributed by atoms with van der Waals surface area (Å²) >= 11 is 0. The SMILES string of the molecule is c1ccc(COC[C@@H]2CCCC3O[C@H]32)cc1. The average Bonchev–Trinajstić information content (AvgIpc) is 3.10. The third-order valence-corrected chi connectivity index (χ3v) is 3.59. The molecule has 86 valence electrons. The lowest BCUT2D eigenvalue weighted by atomic mass is 9.90. The van der Waals surface area contributed by atoms with Crippen LogP contribution in [0.2, 0.25) is 0 Å². The molecule has 0 bridgehead atoms. The highest BCUT2D eigenvalue weighted by atomic mass is 16.6. The van der Waals surface area contributed by atoms with E-state index in [1.165, 1.54) is 24.8 Å². The number of epoxide rings is 1. The summed E-state index contributed by atoms with van der Waals surface area (Å²) < 4.78 is 11.4. The van der Waals surface area contributed by atoms with Crippen LogP contribution in [0.25, 0.3) is 0 Å². The molecule has 2 fully saturated rings. The van der Waals surface area contributed by atoms with Gasteiger partial charge in [-0.05, 0) is 18.4 Å². The van der Waals surface area contributed by atoms with E-state index in [1.54, 1.807) is 0 Å². The van der Waals surface area contributed by atoms with Crippen molar-refractivity contribution in [3.05, 3.63) is 35.9 Å². The van der Waals surface area contributed by atoms with Crippen LogP contribution in [0.4, 0.5) is 0 Å². The lowest BCUT2D eigenvalue weighted by Crippen LogP contribution is -2.21. The van der Waals surface area contributed by atoms with Crippen molar-refractivity contribution in [2.45, 2.75) is 38.1 Å². The summed E-state index contributed by atoms with van der Waals surface area (Å²) in [4.78, 5) is 0. The molecule has 0 radical (unpaired) electrons. The molecular weight excluding hydrogens is 200 g/mol. The summed E-state index contributed by atoms with van der Waals surface area (Å²) in [6.45, 7) is 1.59. The first kappa shape index (κ1) is 10.3. The van der Waals surface area contributed by atoms with Gasteiger partial charge in [-0.25, -0.2) is 0 Å². The fourth-order valence-electron chi connectivity index (χ4n) is 2.63. The Hall–Kier alpha value is -0.860. The van der Waals surface area contributed by atoms with Crippen molar-refractivity contribution in [3.63, 3.8) is 0 Å². The number of rotatable bonds is 4. The van der Waals surface area contributed by atoms with Gasteiger partial charge in [-0.15, -0.1) is 0 Å². The van der Waals surface area contributed by atoms with Crippen molar-refractivity contribution < 1.29 is 9.47 Å². The van der Waals surface area contributed by atoms with Gasteiger partial charge in [-0.1, -0.05) is 36.8 Å². The standard InChI is InChI=1S/C14H18O2/c1-2-5-11(6-3-1)9-15-10-12-7-4-8-13-14(12)16-13/h1-3,5-6,12-14H,4,7-10H2/t12-,13?,14-/m0/s1. The van der Waals surface area contributed by atoms with Gasteiger partial charge in [0.05, 0.1) is 25.4 Å². The molecule has 2 aliphatic rings. The molecule has 1 heterocycles. The van der Waals surface area contributed by atoms with Gasteiger partial charge >= 0.3 is 0 Å². The number of fused-ring (bicyclic) bond motifs is 1. The predicted molar refractivity (Wildman–Crippen MR) is 62.1 cm³/mol. The van der Waals surface area contributed by atoms with Crippen LogP contribution in [0.3, 0.4) is 0 Å². The Morgan fingerprint density at radius 2 is 2.06 bits per heavy atom. The van der Waals surface area contributed by atoms with Crippen LogP contribution in [0.15, 0.2) is 30.3 Å². The highest BCUT2D eigenvalue weighted by Crippen LogP contribution is 2.40. The van der Waals surface area contributed by atoms with Crippen molar-refractivity contribution in [1.29, 1.82) is 0 Å². The Morgan fingerprint density at radius 3 is 2.94 bits per heavy atom. The first-order valence-electron chi connectivity index (χ1n) is 6.20.